The van der Waals surface area contributed by atoms with Gasteiger partial charge in [-0.2, -0.15) is 0 Å². The van der Waals surface area contributed by atoms with Crippen LogP contribution in [0.15, 0.2) is 42.5 Å². The molecule has 0 aliphatic rings. The minimum Gasteiger partial charge on any atom is -0.332 e. The molecule has 0 saturated heterocycles. The lowest BCUT2D eigenvalue weighted by Gasteiger charge is -2.05. The molecule has 4 aromatic rings. The molecule has 0 bridgehead atoms. The molecule has 0 amide bonds. The fraction of sp³-hybridized carbons (Fsp3) is 0.211. The summed E-state index contributed by atoms with van der Waals surface area (Å²) in [5.41, 5.74) is 1.33. The van der Waals surface area contributed by atoms with Crippen LogP contribution in [-0.2, 0) is 6.54 Å². The molecule has 0 radical (unpaired) electrons. The molecular formula is C19H17NOS2. The van der Waals surface area contributed by atoms with E-state index in [0.717, 1.165) is 17.7 Å². The highest BCUT2D eigenvalue weighted by molar-refractivity contribution is 7.26. The van der Waals surface area contributed by atoms with Gasteiger partial charge < -0.3 is 4.57 Å². The van der Waals surface area contributed by atoms with E-state index in [0.29, 0.717) is 0 Å². The number of carbonyl (C=O) groups is 1. The summed E-state index contributed by atoms with van der Waals surface area (Å²) >= 11 is 3.40. The van der Waals surface area contributed by atoms with Crippen molar-refractivity contribution in [3.8, 4) is 9.75 Å². The van der Waals surface area contributed by atoms with Gasteiger partial charge in [0.2, 0.25) is 0 Å². The van der Waals surface area contributed by atoms with Crippen molar-refractivity contribution in [1.29, 1.82) is 0 Å². The van der Waals surface area contributed by atoms with Gasteiger partial charge in [-0.25, -0.2) is 0 Å². The van der Waals surface area contributed by atoms with E-state index >= 15 is 0 Å². The van der Waals surface area contributed by atoms with Gasteiger partial charge in [0.25, 0.3) is 0 Å². The third-order valence-electron chi connectivity index (χ3n) is 4.16. The maximum Gasteiger partial charge on any atom is 0.160 e. The van der Waals surface area contributed by atoms with Crippen molar-refractivity contribution in [1.82, 2.24) is 4.57 Å². The summed E-state index contributed by atoms with van der Waals surface area (Å²) in [6.45, 7) is 3.29. The summed E-state index contributed by atoms with van der Waals surface area (Å²) in [7, 11) is 0. The molecule has 0 N–H and O–H groups in total. The van der Waals surface area contributed by atoms with Crippen LogP contribution in [0.25, 0.3) is 30.9 Å². The van der Waals surface area contributed by atoms with E-state index in [1.165, 1.54) is 43.7 Å². The number of carbonyl (C=O) groups excluding carboxylic acids is 1. The fourth-order valence-electron chi connectivity index (χ4n) is 3.03. The summed E-state index contributed by atoms with van der Waals surface area (Å²) in [6.07, 6.45) is 3.31. The van der Waals surface area contributed by atoms with Gasteiger partial charge in [0, 0.05) is 32.6 Å². The Bertz CT molecular complexity index is 989. The zero-order valence-corrected chi connectivity index (χ0v) is 14.5. The minimum absolute atomic E-state index is 0.789. The van der Waals surface area contributed by atoms with E-state index in [9.17, 15) is 4.79 Å². The number of thiophene rings is 2. The van der Waals surface area contributed by atoms with E-state index in [2.05, 4.69) is 47.9 Å². The number of unbranched alkanes of at least 4 members (excludes halogenated alkanes) is 1. The molecule has 0 saturated carbocycles. The Morgan fingerprint density at radius 3 is 2.70 bits per heavy atom. The SMILES string of the molecule is CCCCn1c2ccccc2c2cc(-c3ccc(C=O)s3)sc21. The summed E-state index contributed by atoms with van der Waals surface area (Å²) < 4.78 is 2.45. The van der Waals surface area contributed by atoms with Crippen molar-refractivity contribution in [2.45, 2.75) is 26.3 Å². The predicted molar refractivity (Wildman–Crippen MR) is 101 cm³/mol. The van der Waals surface area contributed by atoms with Crippen LogP contribution in [0.5, 0.6) is 0 Å². The van der Waals surface area contributed by atoms with E-state index in [1.807, 2.05) is 17.4 Å². The summed E-state index contributed by atoms with van der Waals surface area (Å²) in [5, 5.41) is 2.66. The third kappa shape index (κ3) is 2.42. The molecule has 4 heteroatoms. The van der Waals surface area contributed by atoms with Crippen LogP contribution in [-0.4, -0.2) is 10.9 Å². The largest absolute Gasteiger partial charge is 0.332 e. The molecule has 3 aromatic heterocycles. The summed E-state index contributed by atoms with van der Waals surface area (Å²) in [5.74, 6) is 0. The van der Waals surface area contributed by atoms with Gasteiger partial charge in [0.05, 0.1) is 4.88 Å². The van der Waals surface area contributed by atoms with E-state index in [4.69, 9.17) is 0 Å². The van der Waals surface area contributed by atoms with Crippen molar-refractivity contribution in [3.63, 3.8) is 0 Å². The third-order valence-corrected chi connectivity index (χ3v) is 6.53. The first-order valence-corrected chi connectivity index (χ1v) is 9.51. The van der Waals surface area contributed by atoms with E-state index in [-0.39, 0.29) is 0 Å². The first-order chi connectivity index (χ1) is 11.3. The van der Waals surface area contributed by atoms with Crippen molar-refractivity contribution >= 4 is 50.1 Å². The van der Waals surface area contributed by atoms with E-state index < -0.39 is 0 Å². The Morgan fingerprint density at radius 2 is 1.91 bits per heavy atom. The molecule has 3 heterocycles. The van der Waals surface area contributed by atoms with Crippen LogP contribution < -0.4 is 0 Å². The number of benzene rings is 1. The van der Waals surface area contributed by atoms with Crippen LogP contribution in [0.2, 0.25) is 0 Å². The number of rotatable bonds is 5. The number of fused-ring (bicyclic) bond motifs is 3. The number of hydrogen-bond donors (Lipinski definition) is 0. The number of aromatic nitrogens is 1. The molecule has 0 aliphatic carbocycles. The lowest BCUT2D eigenvalue weighted by molar-refractivity contribution is 0.112. The van der Waals surface area contributed by atoms with Gasteiger partial charge in [-0.1, -0.05) is 31.5 Å². The number of hydrogen-bond acceptors (Lipinski definition) is 3. The molecule has 23 heavy (non-hydrogen) atoms. The second kappa shape index (κ2) is 5.95. The topological polar surface area (TPSA) is 22.0 Å². The van der Waals surface area contributed by atoms with Crippen molar-refractivity contribution in [3.05, 3.63) is 47.3 Å². The van der Waals surface area contributed by atoms with Gasteiger partial charge in [-0.3, -0.25) is 4.79 Å². The Morgan fingerprint density at radius 1 is 1.04 bits per heavy atom. The van der Waals surface area contributed by atoms with Crippen molar-refractivity contribution in [2.75, 3.05) is 0 Å². The average Bonchev–Trinajstić information content (AvgIpc) is 3.27. The molecule has 0 aliphatic heterocycles. The van der Waals surface area contributed by atoms with Crippen molar-refractivity contribution < 1.29 is 4.79 Å². The fourth-order valence-corrected chi connectivity index (χ4v) is 5.15. The quantitative estimate of drug-likeness (QED) is 0.397. The zero-order chi connectivity index (χ0) is 15.8. The predicted octanol–water partition coefficient (Wildman–Crippen LogP) is 6.20. The summed E-state index contributed by atoms with van der Waals surface area (Å²) in [4.78, 5) is 15.5. The Labute approximate surface area is 143 Å². The van der Waals surface area contributed by atoms with Crippen LogP contribution in [0.4, 0.5) is 0 Å². The van der Waals surface area contributed by atoms with Gasteiger partial charge in [-0.05, 0) is 30.7 Å². The molecule has 0 unspecified atom stereocenters. The van der Waals surface area contributed by atoms with Gasteiger partial charge in [0.15, 0.2) is 6.29 Å². The number of nitrogens with zero attached hydrogens (tertiary/aromatic N) is 1. The summed E-state index contributed by atoms with van der Waals surface area (Å²) in [6, 6.07) is 14.9. The molecule has 2 nitrogen and oxygen atoms in total. The Balaban J connectivity index is 1.92. The molecule has 0 spiro atoms. The van der Waals surface area contributed by atoms with Crippen LogP contribution in [0.3, 0.4) is 0 Å². The van der Waals surface area contributed by atoms with Crippen LogP contribution in [0, 0.1) is 0 Å². The molecular weight excluding hydrogens is 322 g/mol. The maximum absolute atomic E-state index is 10.9. The second-order valence-corrected chi connectivity index (χ2v) is 7.82. The first kappa shape index (κ1) is 14.7. The molecule has 0 atom stereocenters. The van der Waals surface area contributed by atoms with Crippen LogP contribution >= 0.6 is 22.7 Å². The maximum atomic E-state index is 10.9. The lowest BCUT2D eigenvalue weighted by Crippen LogP contribution is -1.95. The number of para-hydroxylation sites is 1. The molecule has 116 valence electrons. The Kier molecular flexibility index (Phi) is 3.79. The molecule has 1 aromatic carbocycles. The Hall–Kier alpha value is -1.91. The first-order valence-electron chi connectivity index (χ1n) is 7.88. The molecule has 0 fully saturated rings. The zero-order valence-electron chi connectivity index (χ0n) is 12.9. The van der Waals surface area contributed by atoms with Gasteiger partial charge in [0.1, 0.15) is 4.83 Å². The number of aldehydes is 1. The highest BCUT2D eigenvalue weighted by Gasteiger charge is 2.15. The number of aryl methyl sites for hydroxylation is 1. The van der Waals surface area contributed by atoms with Crippen molar-refractivity contribution in [2.24, 2.45) is 0 Å². The monoisotopic (exact) mass is 339 g/mol. The standard InChI is InChI=1S/C19H17NOS2/c1-2-3-10-20-16-7-5-4-6-14(16)15-11-18(23-19(15)20)17-9-8-13(12-21)22-17/h4-9,11-12H,2-3,10H2,1H3. The highest BCUT2D eigenvalue weighted by Crippen LogP contribution is 2.41. The smallest absolute Gasteiger partial charge is 0.160 e. The van der Waals surface area contributed by atoms with E-state index in [1.54, 1.807) is 11.3 Å². The highest BCUT2D eigenvalue weighted by atomic mass is 32.1. The van der Waals surface area contributed by atoms with Crippen LogP contribution in [0.1, 0.15) is 29.4 Å². The minimum atomic E-state index is 0.789. The van der Waals surface area contributed by atoms with Gasteiger partial charge >= 0.3 is 0 Å². The lowest BCUT2D eigenvalue weighted by atomic mass is 10.2. The average molecular weight is 339 g/mol. The second-order valence-electron chi connectivity index (χ2n) is 5.67. The molecule has 4 rings (SSSR count). The van der Waals surface area contributed by atoms with Gasteiger partial charge in [-0.15, -0.1) is 22.7 Å². The normalized spacial score (nSPS) is 11.5.